The first kappa shape index (κ1) is 24.5. The van der Waals surface area contributed by atoms with Crippen molar-refractivity contribution in [1.29, 1.82) is 0 Å². The number of aliphatic hydroxyl groups excluding tert-OH is 1. The smallest absolute Gasteiger partial charge is 0.231 e. The summed E-state index contributed by atoms with van der Waals surface area (Å²) in [5.41, 5.74) is 1.71. The zero-order valence-corrected chi connectivity index (χ0v) is 19.2. The molecule has 2 rings (SSSR count). The number of amides is 2. The highest BCUT2D eigenvalue weighted by molar-refractivity contribution is 5.87. The van der Waals surface area contributed by atoms with Crippen LogP contribution in [0.5, 0.6) is 0 Å². The molecule has 0 bridgehead atoms. The number of hydrogen-bond acceptors (Lipinski definition) is 4. The van der Waals surface area contributed by atoms with Gasteiger partial charge in [-0.25, -0.2) is 0 Å². The molecule has 2 unspecified atom stereocenters. The molecule has 31 heavy (non-hydrogen) atoms. The first-order valence-corrected chi connectivity index (χ1v) is 10.9. The SMILES string of the molecule is CC(C)N(C(=O)C(c1cccnc1)C(CC(=O)NC[C@H](C)O)c1ccccc1)C(C)C. The van der Waals surface area contributed by atoms with Gasteiger partial charge in [-0.05, 0) is 51.8 Å². The molecule has 1 heterocycles. The number of carbonyl (C=O) groups is 2. The van der Waals surface area contributed by atoms with Crippen molar-refractivity contribution in [3.8, 4) is 0 Å². The molecule has 0 aliphatic rings. The molecule has 168 valence electrons. The normalized spacial score (nSPS) is 14.2. The van der Waals surface area contributed by atoms with Gasteiger partial charge in [0.25, 0.3) is 0 Å². The molecule has 2 N–H and O–H groups in total. The third kappa shape index (κ3) is 6.89. The number of aliphatic hydroxyl groups is 1. The van der Waals surface area contributed by atoms with E-state index in [0.717, 1.165) is 11.1 Å². The van der Waals surface area contributed by atoms with Gasteiger partial charge in [-0.15, -0.1) is 0 Å². The minimum atomic E-state index is -0.632. The minimum Gasteiger partial charge on any atom is -0.392 e. The molecule has 0 fully saturated rings. The van der Waals surface area contributed by atoms with Gasteiger partial charge in [-0.1, -0.05) is 36.4 Å². The summed E-state index contributed by atoms with van der Waals surface area (Å²) in [7, 11) is 0. The van der Waals surface area contributed by atoms with Crippen molar-refractivity contribution in [3.05, 3.63) is 66.0 Å². The Bertz CT molecular complexity index is 814. The van der Waals surface area contributed by atoms with E-state index in [1.807, 2.05) is 75.1 Å². The number of aromatic nitrogens is 1. The number of nitrogens with zero attached hydrogens (tertiary/aromatic N) is 2. The van der Waals surface area contributed by atoms with Crippen LogP contribution in [0.4, 0.5) is 0 Å². The molecule has 2 amide bonds. The van der Waals surface area contributed by atoms with Crippen LogP contribution in [0.2, 0.25) is 0 Å². The number of hydrogen-bond donors (Lipinski definition) is 2. The predicted molar refractivity (Wildman–Crippen MR) is 123 cm³/mol. The Morgan fingerprint density at radius 3 is 2.10 bits per heavy atom. The fraction of sp³-hybridized carbons (Fsp3) is 0.480. The Kier molecular flexibility index (Phi) is 9.19. The second-order valence-electron chi connectivity index (χ2n) is 8.57. The van der Waals surface area contributed by atoms with Gasteiger partial charge < -0.3 is 15.3 Å². The summed E-state index contributed by atoms with van der Waals surface area (Å²) in [4.78, 5) is 32.8. The van der Waals surface area contributed by atoms with Gasteiger partial charge >= 0.3 is 0 Å². The second-order valence-corrected chi connectivity index (χ2v) is 8.57. The van der Waals surface area contributed by atoms with Crippen molar-refractivity contribution in [2.75, 3.05) is 6.54 Å². The average Bonchev–Trinajstić information content (AvgIpc) is 2.72. The van der Waals surface area contributed by atoms with Crippen LogP contribution in [0.25, 0.3) is 0 Å². The molecular weight excluding hydrogens is 390 g/mol. The Balaban J connectivity index is 2.52. The highest BCUT2D eigenvalue weighted by Crippen LogP contribution is 2.38. The van der Waals surface area contributed by atoms with Gasteiger partial charge in [0.1, 0.15) is 0 Å². The summed E-state index contributed by atoms with van der Waals surface area (Å²) in [5, 5.41) is 12.3. The lowest BCUT2D eigenvalue weighted by Crippen LogP contribution is -2.46. The molecule has 0 saturated carbocycles. The van der Waals surface area contributed by atoms with Crippen molar-refractivity contribution in [1.82, 2.24) is 15.2 Å². The Hall–Kier alpha value is -2.73. The fourth-order valence-electron chi connectivity index (χ4n) is 4.03. The van der Waals surface area contributed by atoms with E-state index < -0.39 is 12.0 Å². The third-order valence-corrected chi connectivity index (χ3v) is 5.31. The first-order valence-electron chi connectivity index (χ1n) is 10.9. The number of benzene rings is 1. The van der Waals surface area contributed by atoms with E-state index in [4.69, 9.17) is 0 Å². The number of nitrogens with one attached hydrogen (secondary N) is 1. The van der Waals surface area contributed by atoms with Crippen LogP contribution >= 0.6 is 0 Å². The Morgan fingerprint density at radius 2 is 1.58 bits per heavy atom. The van der Waals surface area contributed by atoms with Gasteiger partial charge in [0, 0.05) is 43.4 Å². The van der Waals surface area contributed by atoms with Crippen LogP contribution in [0.15, 0.2) is 54.9 Å². The Labute approximate surface area is 185 Å². The van der Waals surface area contributed by atoms with Gasteiger partial charge in [0.05, 0.1) is 12.0 Å². The van der Waals surface area contributed by atoms with Crippen LogP contribution in [0.1, 0.15) is 64.0 Å². The van der Waals surface area contributed by atoms with Crippen molar-refractivity contribution in [2.45, 2.75) is 71.1 Å². The van der Waals surface area contributed by atoms with Crippen LogP contribution in [-0.4, -0.2) is 51.5 Å². The number of carbonyl (C=O) groups excluding carboxylic acids is 2. The van der Waals surface area contributed by atoms with Crippen LogP contribution < -0.4 is 5.32 Å². The van der Waals surface area contributed by atoms with Crippen molar-refractivity contribution in [2.24, 2.45) is 0 Å². The molecule has 6 nitrogen and oxygen atoms in total. The zero-order chi connectivity index (χ0) is 23.0. The molecule has 0 aliphatic heterocycles. The monoisotopic (exact) mass is 425 g/mol. The number of pyridine rings is 1. The van der Waals surface area contributed by atoms with E-state index in [-0.39, 0.29) is 42.8 Å². The summed E-state index contributed by atoms with van der Waals surface area (Å²) >= 11 is 0. The summed E-state index contributed by atoms with van der Waals surface area (Å²) in [5.74, 6) is -1.14. The maximum absolute atomic E-state index is 13.9. The van der Waals surface area contributed by atoms with E-state index in [1.54, 1.807) is 19.3 Å². The van der Waals surface area contributed by atoms with Crippen molar-refractivity contribution < 1.29 is 14.7 Å². The van der Waals surface area contributed by atoms with E-state index >= 15 is 0 Å². The van der Waals surface area contributed by atoms with Crippen LogP contribution in [-0.2, 0) is 9.59 Å². The lowest BCUT2D eigenvalue weighted by Gasteiger charge is -2.37. The zero-order valence-electron chi connectivity index (χ0n) is 19.2. The molecule has 0 aliphatic carbocycles. The molecule has 6 heteroatoms. The topological polar surface area (TPSA) is 82.5 Å². The molecular formula is C25H35N3O3. The van der Waals surface area contributed by atoms with Gasteiger partial charge in [-0.2, -0.15) is 0 Å². The first-order chi connectivity index (χ1) is 14.7. The number of rotatable bonds is 10. The molecule has 1 aromatic heterocycles. The standard InChI is InChI=1S/C25H35N3O3/c1-17(2)28(18(3)4)25(31)24(21-12-9-13-26-16-21)22(20-10-7-6-8-11-20)14-23(30)27-15-19(5)29/h6-13,16-19,22,24,29H,14-15H2,1-5H3,(H,27,30)/t19-,22?,24?/m0/s1. The van der Waals surface area contributed by atoms with Crippen LogP contribution in [0, 0.1) is 0 Å². The largest absolute Gasteiger partial charge is 0.392 e. The van der Waals surface area contributed by atoms with E-state index in [9.17, 15) is 14.7 Å². The van der Waals surface area contributed by atoms with E-state index in [0.29, 0.717) is 0 Å². The minimum absolute atomic E-state index is 0.0184. The highest BCUT2D eigenvalue weighted by atomic mass is 16.3. The lowest BCUT2D eigenvalue weighted by atomic mass is 9.78. The second kappa shape index (κ2) is 11.6. The summed E-state index contributed by atoms with van der Waals surface area (Å²) in [6.07, 6.45) is 2.89. The maximum Gasteiger partial charge on any atom is 0.231 e. The van der Waals surface area contributed by atoms with Gasteiger partial charge in [-0.3, -0.25) is 14.6 Å². The van der Waals surface area contributed by atoms with Crippen molar-refractivity contribution >= 4 is 11.8 Å². The third-order valence-electron chi connectivity index (χ3n) is 5.31. The van der Waals surface area contributed by atoms with Gasteiger partial charge in [0.15, 0.2) is 0 Å². The molecule has 0 saturated heterocycles. The molecule has 2 aromatic rings. The summed E-state index contributed by atoms with van der Waals surface area (Å²) < 4.78 is 0. The molecule has 0 radical (unpaired) electrons. The molecule has 0 spiro atoms. The van der Waals surface area contributed by atoms with Crippen molar-refractivity contribution in [3.63, 3.8) is 0 Å². The fourth-order valence-corrected chi connectivity index (χ4v) is 4.03. The quantitative estimate of drug-likeness (QED) is 0.611. The predicted octanol–water partition coefficient (Wildman–Crippen LogP) is 3.48. The lowest BCUT2D eigenvalue weighted by molar-refractivity contribution is -0.137. The molecule has 3 atom stereocenters. The van der Waals surface area contributed by atoms with E-state index in [2.05, 4.69) is 10.3 Å². The molecule has 1 aromatic carbocycles. The maximum atomic E-state index is 13.9. The average molecular weight is 426 g/mol. The summed E-state index contributed by atoms with van der Waals surface area (Å²) in [6, 6.07) is 13.4. The Morgan fingerprint density at radius 1 is 0.968 bits per heavy atom. The van der Waals surface area contributed by atoms with Crippen LogP contribution in [0.3, 0.4) is 0 Å². The van der Waals surface area contributed by atoms with E-state index in [1.165, 1.54) is 0 Å². The van der Waals surface area contributed by atoms with Gasteiger partial charge in [0.2, 0.25) is 11.8 Å². The highest BCUT2D eigenvalue weighted by Gasteiger charge is 2.37. The summed E-state index contributed by atoms with van der Waals surface area (Å²) in [6.45, 7) is 9.82.